The summed E-state index contributed by atoms with van der Waals surface area (Å²) in [6.45, 7) is 3.06. The highest BCUT2D eigenvalue weighted by Crippen LogP contribution is 2.34. The van der Waals surface area contributed by atoms with E-state index in [0.29, 0.717) is 23.9 Å². The molecule has 0 bridgehead atoms. The van der Waals surface area contributed by atoms with E-state index < -0.39 is 0 Å². The van der Waals surface area contributed by atoms with E-state index in [1.165, 1.54) is 24.2 Å². The van der Waals surface area contributed by atoms with E-state index >= 15 is 0 Å². The minimum absolute atomic E-state index is 0.0363. The Balaban J connectivity index is 1.52. The van der Waals surface area contributed by atoms with Crippen LogP contribution in [0.5, 0.6) is 5.75 Å². The van der Waals surface area contributed by atoms with Crippen LogP contribution in [0.1, 0.15) is 40.7 Å². The van der Waals surface area contributed by atoms with Gasteiger partial charge in [-0.2, -0.15) is 0 Å². The Bertz CT molecular complexity index is 911. The van der Waals surface area contributed by atoms with Gasteiger partial charge in [0.2, 0.25) is 0 Å². The monoisotopic (exact) mass is 393 g/mol. The number of aromatic nitrogens is 2. The summed E-state index contributed by atoms with van der Waals surface area (Å²) in [6.07, 6.45) is 6.11. The molecule has 1 unspecified atom stereocenters. The van der Waals surface area contributed by atoms with Crippen LogP contribution in [-0.2, 0) is 13.1 Å². The number of benzene rings is 1. The van der Waals surface area contributed by atoms with Crippen LogP contribution >= 0.6 is 11.3 Å². The highest BCUT2D eigenvalue weighted by Gasteiger charge is 2.29. The number of carbonyl (C=O) groups is 1. The highest BCUT2D eigenvalue weighted by atomic mass is 32.1. The highest BCUT2D eigenvalue weighted by molar-refractivity contribution is 7.11. The summed E-state index contributed by atoms with van der Waals surface area (Å²) in [7, 11) is 0. The first-order valence-corrected chi connectivity index (χ1v) is 10.4. The molecule has 1 amide bonds. The predicted molar refractivity (Wildman–Crippen MR) is 109 cm³/mol. The summed E-state index contributed by atoms with van der Waals surface area (Å²) in [4.78, 5) is 23.9. The van der Waals surface area contributed by atoms with Crippen LogP contribution in [0.2, 0.25) is 0 Å². The molecule has 2 heterocycles. The molecule has 0 aliphatic heterocycles. The normalized spacial score (nSPS) is 14.5. The van der Waals surface area contributed by atoms with Crippen molar-refractivity contribution in [2.75, 3.05) is 0 Å². The maximum Gasteiger partial charge on any atom is 0.266 e. The second-order valence-corrected chi connectivity index (χ2v) is 8.04. The van der Waals surface area contributed by atoms with E-state index in [0.717, 1.165) is 17.0 Å². The van der Waals surface area contributed by atoms with E-state index in [1.807, 2.05) is 42.5 Å². The Morgan fingerprint density at radius 1 is 1.25 bits per heavy atom. The van der Waals surface area contributed by atoms with Crippen molar-refractivity contribution >= 4 is 17.2 Å². The first kappa shape index (κ1) is 18.6. The van der Waals surface area contributed by atoms with Crippen molar-refractivity contribution in [1.29, 1.82) is 0 Å². The van der Waals surface area contributed by atoms with Crippen LogP contribution in [0.3, 0.4) is 0 Å². The van der Waals surface area contributed by atoms with Crippen molar-refractivity contribution in [3.63, 3.8) is 0 Å². The van der Waals surface area contributed by atoms with E-state index in [2.05, 4.69) is 16.9 Å². The topological polar surface area (TPSA) is 55.3 Å². The zero-order chi connectivity index (χ0) is 19.3. The second-order valence-electron chi connectivity index (χ2n) is 7.16. The molecule has 28 heavy (non-hydrogen) atoms. The van der Waals surface area contributed by atoms with E-state index in [4.69, 9.17) is 4.74 Å². The molecule has 0 N–H and O–H groups in total. The fourth-order valence-electron chi connectivity index (χ4n) is 3.18. The van der Waals surface area contributed by atoms with Crippen molar-refractivity contribution in [2.45, 2.75) is 39.0 Å². The molecule has 4 rings (SSSR count). The van der Waals surface area contributed by atoms with Crippen molar-refractivity contribution < 1.29 is 9.53 Å². The lowest BCUT2D eigenvalue weighted by atomic mass is 10.2. The molecule has 1 fully saturated rings. The molecule has 0 saturated heterocycles. The zero-order valence-electron chi connectivity index (χ0n) is 15.8. The van der Waals surface area contributed by atoms with Gasteiger partial charge < -0.3 is 9.64 Å². The van der Waals surface area contributed by atoms with Gasteiger partial charge in [0.05, 0.1) is 30.1 Å². The Kier molecular flexibility index (Phi) is 5.67. The minimum atomic E-state index is -0.0363. The van der Waals surface area contributed by atoms with Gasteiger partial charge in [0.25, 0.3) is 5.91 Å². The van der Waals surface area contributed by atoms with Crippen molar-refractivity contribution in [2.24, 2.45) is 5.92 Å². The first-order valence-electron chi connectivity index (χ1n) is 9.52. The molecule has 0 spiro atoms. The molecule has 5 nitrogen and oxygen atoms in total. The summed E-state index contributed by atoms with van der Waals surface area (Å²) >= 11 is 1.35. The van der Waals surface area contributed by atoms with E-state index in [-0.39, 0.29) is 12.0 Å². The lowest BCUT2D eigenvalue weighted by molar-refractivity contribution is 0.0732. The molecule has 1 saturated carbocycles. The third-order valence-corrected chi connectivity index (χ3v) is 5.65. The number of carbonyl (C=O) groups excluding carboxylic acids is 1. The fourth-order valence-corrected chi connectivity index (χ4v) is 3.76. The van der Waals surface area contributed by atoms with Crippen molar-refractivity contribution in [3.05, 3.63) is 76.5 Å². The zero-order valence-corrected chi connectivity index (χ0v) is 16.6. The first-order chi connectivity index (χ1) is 13.7. The standard InChI is InChI=1S/C22H23N3O2S/c1-16(18-8-9-18)27-20-7-4-5-17(11-20)13-25(14-19-6-2-3-10-24-19)22(26)21-12-23-15-28-21/h2-7,10-12,15-16,18H,8-9,13-14H2,1H3. The van der Waals surface area contributed by atoms with Crippen molar-refractivity contribution in [1.82, 2.24) is 14.9 Å². The Hall–Kier alpha value is -2.73. The van der Waals surface area contributed by atoms with E-state index in [9.17, 15) is 4.79 Å². The Morgan fingerprint density at radius 2 is 2.14 bits per heavy atom. The predicted octanol–water partition coefficient (Wildman–Crippen LogP) is 4.56. The van der Waals surface area contributed by atoms with Gasteiger partial charge in [0, 0.05) is 12.7 Å². The van der Waals surface area contributed by atoms with Crippen LogP contribution in [0.25, 0.3) is 0 Å². The lowest BCUT2D eigenvalue weighted by Gasteiger charge is -2.22. The number of thiazole rings is 1. The average Bonchev–Trinajstić information content (AvgIpc) is 3.43. The minimum Gasteiger partial charge on any atom is -0.490 e. The van der Waals surface area contributed by atoms with Crippen molar-refractivity contribution in [3.8, 4) is 5.75 Å². The quantitative estimate of drug-likeness (QED) is 0.563. The van der Waals surface area contributed by atoms with Crippen LogP contribution < -0.4 is 4.74 Å². The molecule has 1 aliphatic carbocycles. The Labute approximate surface area is 169 Å². The molecule has 1 atom stereocenters. The third kappa shape index (κ3) is 4.75. The summed E-state index contributed by atoms with van der Waals surface area (Å²) in [5.41, 5.74) is 3.57. The Morgan fingerprint density at radius 3 is 2.86 bits per heavy atom. The maximum atomic E-state index is 13.0. The maximum absolute atomic E-state index is 13.0. The van der Waals surface area contributed by atoms with Crippen LogP contribution in [-0.4, -0.2) is 26.9 Å². The number of hydrogen-bond acceptors (Lipinski definition) is 5. The SMILES string of the molecule is CC(Oc1cccc(CN(Cc2ccccn2)C(=O)c2cncs2)c1)C1CC1. The number of hydrogen-bond donors (Lipinski definition) is 0. The lowest BCUT2D eigenvalue weighted by Crippen LogP contribution is -2.30. The summed E-state index contributed by atoms with van der Waals surface area (Å²) < 4.78 is 6.09. The fraction of sp³-hybridized carbons (Fsp3) is 0.318. The second kappa shape index (κ2) is 8.52. The molecule has 1 aliphatic rings. The number of ether oxygens (including phenoxy) is 1. The number of amides is 1. The molecule has 0 radical (unpaired) electrons. The summed E-state index contributed by atoms with van der Waals surface area (Å²) in [5, 5.41) is 0. The van der Waals surface area contributed by atoms with Gasteiger partial charge in [-0.05, 0) is 55.5 Å². The molecule has 2 aromatic heterocycles. The molecular formula is C22H23N3O2S. The third-order valence-electron chi connectivity index (χ3n) is 4.89. The molecule has 1 aromatic carbocycles. The van der Waals surface area contributed by atoms with E-state index in [1.54, 1.807) is 22.8 Å². The molecule has 3 aromatic rings. The molecule has 6 heteroatoms. The van der Waals surface area contributed by atoms with Crippen LogP contribution in [0.15, 0.2) is 60.4 Å². The van der Waals surface area contributed by atoms with Gasteiger partial charge in [0.1, 0.15) is 10.6 Å². The summed E-state index contributed by atoms with van der Waals surface area (Å²) in [6, 6.07) is 13.8. The smallest absolute Gasteiger partial charge is 0.266 e. The van der Waals surface area contributed by atoms with Gasteiger partial charge >= 0.3 is 0 Å². The van der Waals surface area contributed by atoms with Gasteiger partial charge in [-0.3, -0.25) is 14.8 Å². The number of pyridine rings is 1. The largest absolute Gasteiger partial charge is 0.490 e. The molecule has 144 valence electrons. The van der Waals surface area contributed by atoms with Gasteiger partial charge in [0.15, 0.2) is 0 Å². The van der Waals surface area contributed by atoms with Gasteiger partial charge in [-0.25, -0.2) is 0 Å². The number of nitrogens with zero attached hydrogens (tertiary/aromatic N) is 3. The van der Waals surface area contributed by atoms with Gasteiger partial charge in [-0.1, -0.05) is 18.2 Å². The van der Waals surface area contributed by atoms with Gasteiger partial charge in [-0.15, -0.1) is 11.3 Å². The van der Waals surface area contributed by atoms with Crippen LogP contribution in [0, 0.1) is 5.92 Å². The van der Waals surface area contributed by atoms with Crippen LogP contribution in [0.4, 0.5) is 0 Å². The number of rotatable bonds is 8. The average molecular weight is 394 g/mol. The molecular weight excluding hydrogens is 370 g/mol. The summed E-state index contributed by atoms with van der Waals surface area (Å²) in [5.74, 6) is 1.50.